The summed E-state index contributed by atoms with van der Waals surface area (Å²) >= 11 is 0. The summed E-state index contributed by atoms with van der Waals surface area (Å²) in [5, 5.41) is 5.07. The van der Waals surface area contributed by atoms with Gasteiger partial charge in [0.25, 0.3) is 5.91 Å². The zero-order chi connectivity index (χ0) is 13.3. The van der Waals surface area contributed by atoms with E-state index in [-0.39, 0.29) is 28.3 Å². The van der Waals surface area contributed by atoms with Crippen molar-refractivity contribution in [2.45, 2.75) is 5.54 Å². The van der Waals surface area contributed by atoms with Gasteiger partial charge in [0.05, 0.1) is 0 Å². The van der Waals surface area contributed by atoms with Crippen LogP contribution in [-0.4, -0.2) is 11.9 Å². The van der Waals surface area contributed by atoms with Gasteiger partial charge in [-0.25, -0.2) is 4.79 Å². The minimum absolute atomic E-state index is 0. The van der Waals surface area contributed by atoms with Crippen LogP contribution < -0.4 is 10.6 Å². The molecule has 2 aromatic rings. The second-order valence-corrected chi connectivity index (χ2v) is 4.39. The van der Waals surface area contributed by atoms with Gasteiger partial charge in [0.15, 0.2) is 5.54 Å². The van der Waals surface area contributed by atoms with E-state index in [2.05, 4.69) is 10.6 Å². The fraction of sp³-hybridized carbons (Fsp3) is 0.0667. The molecule has 4 nitrogen and oxygen atoms in total. The van der Waals surface area contributed by atoms with Gasteiger partial charge in [0.2, 0.25) is 0 Å². The molecule has 105 valence electrons. The van der Waals surface area contributed by atoms with Crippen LogP contribution in [0.1, 0.15) is 11.1 Å². The summed E-state index contributed by atoms with van der Waals surface area (Å²) in [6.07, 6.45) is 0. The van der Waals surface area contributed by atoms with E-state index in [4.69, 9.17) is 0 Å². The van der Waals surface area contributed by atoms with E-state index in [0.717, 1.165) is 11.1 Å². The van der Waals surface area contributed by atoms with Gasteiger partial charge in [-0.2, -0.15) is 0 Å². The standard InChI is InChI=1S/C15H12N2O2.Ag/c18-13-15(17-14(19)16-13,11-7-3-1-4-8-11)12-9-5-2-6-10-12;/h1-10H,(H2,16,17,18,19);. The normalized spacial score (nSPS) is 16.0. The first kappa shape index (κ1) is 14.5. The van der Waals surface area contributed by atoms with Crippen LogP contribution in [0.3, 0.4) is 0 Å². The summed E-state index contributed by atoms with van der Waals surface area (Å²) in [6.45, 7) is 0. The molecule has 2 aromatic carbocycles. The van der Waals surface area contributed by atoms with Crippen LogP contribution in [0, 0.1) is 0 Å². The van der Waals surface area contributed by atoms with E-state index in [1.807, 2.05) is 60.7 Å². The minimum Gasteiger partial charge on any atom is -0.316 e. The zero-order valence-electron chi connectivity index (χ0n) is 10.4. The Kier molecular flexibility index (Phi) is 4.09. The number of imide groups is 1. The van der Waals surface area contributed by atoms with Crippen molar-refractivity contribution < 1.29 is 32.0 Å². The maximum atomic E-state index is 12.3. The van der Waals surface area contributed by atoms with Gasteiger partial charge in [-0.05, 0) is 11.1 Å². The predicted octanol–water partition coefficient (Wildman–Crippen LogP) is 1.77. The van der Waals surface area contributed by atoms with Gasteiger partial charge in [-0.15, -0.1) is 0 Å². The molecule has 1 saturated heterocycles. The second kappa shape index (κ2) is 5.63. The molecule has 5 heteroatoms. The van der Waals surface area contributed by atoms with E-state index in [0.29, 0.717) is 0 Å². The van der Waals surface area contributed by atoms with Crippen molar-refractivity contribution >= 4 is 11.9 Å². The summed E-state index contributed by atoms with van der Waals surface area (Å²) in [7, 11) is 0. The van der Waals surface area contributed by atoms with Crippen LogP contribution in [0.15, 0.2) is 60.7 Å². The second-order valence-electron chi connectivity index (χ2n) is 4.39. The molecular weight excluding hydrogens is 348 g/mol. The zero-order valence-corrected chi connectivity index (χ0v) is 11.9. The molecule has 1 aliphatic heterocycles. The Morgan fingerprint density at radius 2 is 1.20 bits per heavy atom. The SMILES string of the molecule is O=C1NC(=O)C(c2ccccc2)(c2ccccc2)N1.[Ag]. The number of hydrogen-bond acceptors (Lipinski definition) is 2. The van der Waals surface area contributed by atoms with Crippen molar-refractivity contribution in [3.63, 3.8) is 0 Å². The Labute approximate surface area is 132 Å². The first-order chi connectivity index (χ1) is 9.23. The maximum absolute atomic E-state index is 12.3. The fourth-order valence-corrected chi connectivity index (χ4v) is 2.40. The molecule has 0 spiro atoms. The third-order valence-corrected chi connectivity index (χ3v) is 3.28. The molecule has 1 aliphatic rings. The average molecular weight is 360 g/mol. The molecule has 2 N–H and O–H groups in total. The van der Waals surface area contributed by atoms with E-state index in [1.54, 1.807) is 0 Å². The van der Waals surface area contributed by atoms with Crippen molar-refractivity contribution in [1.29, 1.82) is 0 Å². The Balaban J connectivity index is 0.00000147. The summed E-state index contributed by atoms with van der Waals surface area (Å²) < 4.78 is 0. The Morgan fingerprint density at radius 3 is 1.55 bits per heavy atom. The van der Waals surface area contributed by atoms with E-state index < -0.39 is 11.6 Å². The summed E-state index contributed by atoms with van der Waals surface area (Å²) in [5.41, 5.74) is 0.341. The number of hydrogen-bond donors (Lipinski definition) is 2. The molecule has 0 bridgehead atoms. The summed E-state index contributed by atoms with van der Waals surface area (Å²) in [4.78, 5) is 23.9. The molecule has 0 saturated carbocycles. The third kappa shape index (κ3) is 2.18. The predicted molar refractivity (Wildman–Crippen MR) is 70.3 cm³/mol. The molecule has 20 heavy (non-hydrogen) atoms. The fourth-order valence-electron chi connectivity index (χ4n) is 2.40. The Bertz CT molecular complexity index is 589. The van der Waals surface area contributed by atoms with Crippen molar-refractivity contribution in [3.8, 4) is 0 Å². The van der Waals surface area contributed by atoms with Crippen LogP contribution in [0.5, 0.6) is 0 Å². The van der Waals surface area contributed by atoms with E-state index in [1.165, 1.54) is 0 Å². The largest absolute Gasteiger partial charge is 0.322 e. The van der Waals surface area contributed by atoms with Crippen LogP contribution in [0.25, 0.3) is 0 Å². The minimum atomic E-state index is -1.14. The van der Waals surface area contributed by atoms with Gasteiger partial charge >= 0.3 is 6.03 Å². The average Bonchev–Trinajstić information content (AvgIpc) is 2.76. The van der Waals surface area contributed by atoms with Gasteiger partial charge in [-0.1, -0.05) is 60.7 Å². The first-order valence-electron chi connectivity index (χ1n) is 5.98. The van der Waals surface area contributed by atoms with Crippen molar-refractivity contribution in [2.24, 2.45) is 0 Å². The molecule has 0 aliphatic carbocycles. The van der Waals surface area contributed by atoms with E-state index in [9.17, 15) is 9.59 Å². The van der Waals surface area contributed by atoms with E-state index >= 15 is 0 Å². The first-order valence-corrected chi connectivity index (χ1v) is 5.98. The van der Waals surface area contributed by atoms with Crippen molar-refractivity contribution in [2.75, 3.05) is 0 Å². The van der Waals surface area contributed by atoms with Crippen LogP contribution in [0.4, 0.5) is 4.79 Å². The number of carbonyl (C=O) groups excluding carboxylic acids is 2. The topological polar surface area (TPSA) is 58.2 Å². The third-order valence-electron chi connectivity index (χ3n) is 3.28. The molecule has 0 unspecified atom stereocenters. The summed E-state index contributed by atoms with van der Waals surface area (Å²) in [5.74, 6) is -0.352. The quantitative estimate of drug-likeness (QED) is 0.634. The molecule has 3 rings (SSSR count). The number of carbonyl (C=O) groups is 2. The van der Waals surface area contributed by atoms with Gasteiger partial charge < -0.3 is 5.32 Å². The molecular formula is C15H12AgN2O2. The maximum Gasteiger partial charge on any atom is 0.322 e. The molecule has 3 amide bonds. The Hall–Kier alpha value is -1.88. The number of urea groups is 1. The van der Waals surface area contributed by atoms with Crippen molar-refractivity contribution in [1.82, 2.24) is 10.6 Å². The molecule has 0 aromatic heterocycles. The monoisotopic (exact) mass is 359 g/mol. The van der Waals surface area contributed by atoms with Gasteiger partial charge in [0.1, 0.15) is 0 Å². The van der Waals surface area contributed by atoms with Crippen LogP contribution >= 0.6 is 0 Å². The smallest absolute Gasteiger partial charge is 0.316 e. The molecule has 1 radical (unpaired) electrons. The number of benzene rings is 2. The van der Waals surface area contributed by atoms with Gasteiger partial charge in [0, 0.05) is 22.4 Å². The number of rotatable bonds is 2. The molecule has 1 heterocycles. The Morgan fingerprint density at radius 1 is 0.750 bits per heavy atom. The van der Waals surface area contributed by atoms with Crippen LogP contribution in [0.2, 0.25) is 0 Å². The molecule has 0 atom stereocenters. The van der Waals surface area contributed by atoms with Gasteiger partial charge in [-0.3, -0.25) is 10.1 Å². The summed E-state index contributed by atoms with van der Waals surface area (Å²) in [6, 6.07) is 18.0. The number of amides is 3. The molecule has 1 fully saturated rings. The number of nitrogens with one attached hydrogen (secondary N) is 2. The van der Waals surface area contributed by atoms with Crippen molar-refractivity contribution in [3.05, 3.63) is 71.8 Å². The van der Waals surface area contributed by atoms with Crippen LogP contribution in [-0.2, 0) is 32.7 Å².